The number of carbonyl (C=O) groups is 1. The first-order valence-corrected chi connectivity index (χ1v) is 12.6. The summed E-state index contributed by atoms with van der Waals surface area (Å²) in [6.45, 7) is 3.79. The summed E-state index contributed by atoms with van der Waals surface area (Å²) in [6, 6.07) is 20.7. The highest BCUT2D eigenvalue weighted by Gasteiger charge is 2.27. The van der Waals surface area contributed by atoms with Crippen molar-refractivity contribution in [2.75, 3.05) is 36.5 Å². The number of benzene rings is 3. The summed E-state index contributed by atoms with van der Waals surface area (Å²) in [6.07, 6.45) is 1.51. The smallest absolute Gasteiger partial charge is 0.264 e. The van der Waals surface area contributed by atoms with Crippen LogP contribution in [0.25, 0.3) is 0 Å². The quantitative estimate of drug-likeness (QED) is 0.342. The van der Waals surface area contributed by atoms with Crippen molar-refractivity contribution >= 4 is 33.5 Å². The van der Waals surface area contributed by atoms with E-state index in [-0.39, 0.29) is 4.90 Å². The van der Waals surface area contributed by atoms with E-state index < -0.39 is 22.5 Å². The molecular formula is C26H30N4O4S. The van der Waals surface area contributed by atoms with Crippen molar-refractivity contribution in [1.29, 1.82) is 0 Å². The molecule has 35 heavy (non-hydrogen) atoms. The third-order valence-corrected chi connectivity index (χ3v) is 6.93. The Morgan fingerprint density at radius 3 is 2.11 bits per heavy atom. The standard InChI is InChI=1S/C26H30N4O4S/c1-5-34-24-14-16-25(17-15-24)35(32,33)30(23-10-6-20(2)7-11-23)19-26(31)28-27-18-21-8-12-22(13-9-21)29(3)4/h6-18H,5,19H2,1-4H3,(H,28,31)/b27-18-. The Hall–Kier alpha value is -3.85. The summed E-state index contributed by atoms with van der Waals surface area (Å²) in [5.74, 6) is 0.000258. The van der Waals surface area contributed by atoms with Gasteiger partial charge in [0, 0.05) is 19.8 Å². The number of ether oxygens (including phenoxy) is 1. The second-order valence-electron chi connectivity index (χ2n) is 8.03. The fourth-order valence-corrected chi connectivity index (χ4v) is 4.65. The maximum atomic E-state index is 13.5. The van der Waals surface area contributed by atoms with Gasteiger partial charge in [-0.3, -0.25) is 9.10 Å². The van der Waals surface area contributed by atoms with Gasteiger partial charge in [-0.1, -0.05) is 29.8 Å². The van der Waals surface area contributed by atoms with Gasteiger partial charge < -0.3 is 9.64 Å². The summed E-state index contributed by atoms with van der Waals surface area (Å²) < 4.78 is 33.4. The van der Waals surface area contributed by atoms with E-state index in [0.717, 1.165) is 21.1 Å². The van der Waals surface area contributed by atoms with Gasteiger partial charge in [0.2, 0.25) is 0 Å². The maximum absolute atomic E-state index is 13.5. The Labute approximate surface area is 206 Å². The molecule has 0 atom stereocenters. The van der Waals surface area contributed by atoms with Crippen molar-refractivity contribution in [3.05, 3.63) is 83.9 Å². The third-order valence-electron chi connectivity index (χ3n) is 5.14. The fourth-order valence-electron chi connectivity index (χ4n) is 3.23. The molecule has 3 aromatic rings. The van der Waals surface area contributed by atoms with Crippen LogP contribution >= 0.6 is 0 Å². The van der Waals surface area contributed by atoms with Crippen LogP contribution in [-0.4, -0.2) is 47.8 Å². The lowest BCUT2D eigenvalue weighted by atomic mass is 10.2. The van der Waals surface area contributed by atoms with Crippen molar-refractivity contribution in [2.45, 2.75) is 18.7 Å². The van der Waals surface area contributed by atoms with Gasteiger partial charge in [-0.2, -0.15) is 5.10 Å². The highest BCUT2D eigenvalue weighted by atomic mass is 32.2. The minimum atomic E-state index is -4.02. The second kappa shape index (κ2) is 11.5. The number of carbonyl (C=O) groups excluding carboxylic acids is 1. The molecule has 0 saturated carbocycles. The van der Waals surface area contributed by atoms with E-state index in [1.807, 2.05) is 57.1 Å². The Morgan fingerprint density at radius 1 is 0.943 bits per heavy atom. The minimum absolute atomic E-state index is 0.0545. The molecule has 0 aliphatic rings. The molecule has 0 aliphatic carbocycles. The van der Waals surface area contributed by atoms with E-state index in [1.165, 1.54) is 18.3 Å². The molecule has 0 radical (unpaired) electrons. The number of hydrogen-bond acceptors (Lipinski definition) is 6. The zero-order chi connectivity index (χ0) is 25.4. The van der Waals surface area contributed by atoms with Gasteiger partial charge in [0.05, 0.1) is 23.4 Å². The molecule has 0 saturated heterocycles. The molecule has 3 rings (SSSR count). The first-order chi connectivity index (χ1) is 16.7. The number of sulfonamides is 1. The number of hydrogen-bond donors (Lipinski definition) is 1. The van der Waals surface area contributed by atoms with E-state index in [2.05, 4.69) is 10.5 Å². The van der Waals surface area contributed by atoms with Gasteiger partial charge in [0.1, 0.15) is 12.3 Å². The summed E-state index contributed by atoms with van der Waals surface area (Å²) >= 11 is 0. The van der Waals surface area contributed by atoms with Crippen LogP contribution in [0.15, 0.2) is 82.8 Å². The zero-order valence-electron chi connectivity index (χ0n) is 20.3. The van der Waals surface area contributed by atoms with E-state index in [9.17, 15) is 13.2 Å². The first kappa shape index (κ1) is 25.8. The number of aryl methyl sites for hydroxylation is 1. The maximum Gasteiger partial charge on any atom is 0.264 e. The third kappa shape index (κ3) is 6.83. The molecule has 0 aliphatic heterocycles. The Bertz CT molecular complexity index is 1250. The van der Waals surface area contributed by atoms with Crippen LogP contribution in [0.3, 0.4) is 0 Å². The van der Waals surface area contributed by atoms with Gasteiger partial charge >= 0.3 is 0 Å². The number of rotatable bonds is 10. The highest BCUT2D eigenvalue weighted by Crippen LogP contribution is 2.25. The lowest BCUT2D eigenvalue weighted by Crippen LogP contribution is -2.39. The highest BCUT2D eigenvalue weighted by molar-refractivity contribution is 7.92. The van der Waals surface area contributed by atoms with Crippen LogP contribution in [0.5, 0.6) is 5.75 Å². The van der Waals surface area contributed by atoms with Crippen LogP contribution in [0.1, 0.15) is 18.1 Å². The van der Waals surface area contributed by atoms with Crippen molar-refractivity contribution in [3.8, 4) is 5.75 Å². The monoisotopic (exact) mass is 494 g/mol. The van der Waals surface area contributed by atoms with Crippen LogP contribution in [0.4, 0.5) is 11.4 Å². The minimum Gasteiger partial charge on any atom is -0.494 e. The molecule has 8 nitrogen and oxygen atoms in total. The van der Waals surface area contributed by atoms with Gasteiger partial charge in [-0.25, -0.2) is 13.8 Å². The zero-order valence-corrected chi connectivity index (χ0v) is 21.1. The van der Waals surface area contributed by atoms with Crippen LogP contribution in [0.2, 0.25) is 0 Å². The topological polar surface area (TPSA) is 91.3 Å². The summed E-state index contributed by atoms with van der Waals surface area (Å²) in [5.41, 5.74) is 5.62. The molecule has 0 fully saturated rings. The Morgan fingerprint density at radius 2 is 1.54 bits per heavy atom. The molecule has 0 heterocycles. The van der Waals surface area contributed by atoms with Crippen LogP contribution in [-0.2, 0) is 14.8 Å². The second-order valence-corrected chi connectivity index (χ2v) is 9.89. The summed E-state index contributed by atoms with van der Waals surface area (Å²) in [7, 11) is -0.126. The van der Waals surface area contributed by atoms with Gasteiger partial charge in [-0.15, -0.1) is 0 Å². The number of anilines is 2. The van der Waals surface area contributed by atoms with E-state index in [4.69, 9.17) is 4.74 Å². The molecule has 1 N–H and O–H groups in total. The van der Waals surface area contributed by atoms with Crippen molar-refractivity contribution < 1.29 is 17.9 Å². The Kier molecular flexibility index (Phi) is 8.48. The Balaban J connectivity index is 1.79. The number of amides is 1. The van der Waals surface area contributed by atoms with Gasteiger partial charge in [0.25, 0.3) is 15.9 Å². The molecule has 0 aromatic heterocycles. The van der Waals surface area contributed by atoms with Gasteiger partial charge in [-0.05, 0) is 67.9 Å². The lowest BCUT2D eigenvalue weighted by Gasteiger charge is -2.24. The van der Waals surface area contributed by atoms with Crippen LogP contribution in [0, 0.1) is 6.92 Å². The predicted molar refractivity (Wildman–Crippen MR) is 140 cm³/mol. The molecular weight excluding hydrogens is 464 g/mol. The largest absolute Gasteiger partial charge is 0.494 e. The number of hydrazone groups is 1. The molecule has 184 valence electrons. The molecule has 3 aromatic carbocycles. The molecule has 1 amide bonds. The van der Waals surface area contributed by atoms with Gasteiger partial charge in [0.15, 0.2) is 0 Å². The average Bonchev–Trinajstić information content (AvgIpc) is 2.84. The normalized spacial score (nSPS) is 11.3. The molecule has 9 heteroatoms. The number of nitrogens with zero attached hydrogens (tertiary/aromatic N) is 3. The predicted octanol–water partition coefficient (Wildman–Crippen LogP) is 3.81. The van der Waals surface area contributed by atoms with E-state index >= 15 is 0 Å². The van der Waals surface area contributed by atoms with E-state index in [0.29, 0.717) is 18.0 Å². The molecule has 0 unspecified atom stereocenters. The summed E-state index contributed by atoms with van der Waals surface area (Å²) in [4.78, 5) is 14.7. The SMILES string of the molecule is CCOc1ccc(S(=O)(=O)N(CC(=O)N/N=C\c2ccc(N(C)C)cc2)c2ccc(C)cc2)cc1. The molecule has 0 spiro atoms. The van der Waals surface area contributed by atoms with Crippen molar-refractivity contribution in [3.63, 3.8) is 0 Å². The lowest BCUT2D eigenvalue weighted by molar-refractivity contribution is -0.119. The average molecular weight is 495 g/mol. The van der Waals surface area contributed by atoms with Crippen molar-refractivity contribution in [1.82, 2.24) is 5.43 Å². The summed E-state index contributed by atoms with van der Waals surface area (Å²) in [5, 5.41) is 3.99. The van der Waals surface area contributed by atoms with Crippen LogP contribution < -0.4 is 19.4 Å². The van der Waals surface area contributed by atoms with E-state index in [1.54, 1.807) is 36.4 Å². The first-order valence-electron chi connectivity index (χ1n) is 11.1. The molecule has 0 bridgehead atoms. The number of nitrogens with one attached hydrogen (secondary N) is 1. The van der Waals surface area contributed by atoms with Crippen molar-refractivity contribution in [2.24, 2.45) is 5.10 Å². The fraction of sp³-hybridized carbons (Fsp3) is 0.231.